The summed E-state index contributed by atoms with van der Waals surface area (Å²) in [6, 6.07) is 0. The first-order valence-corrected chi connectivity index (χ1v) is 22.4. The molecule has 0 rings (SSSR count). The van der Waals surface area contributed by atoms with E-state index in [4.69, 9.17) is 24.3 Å². The van der Waals surface area contributed by atoms with Crippen molar-refractivity contribution in [3.63, 3.8) is 0 Å². The summed E-state index contributed by atoms with van der Waals surface area (Å²) in [6.07, 6.45) is 43.0. The van der Waals surface area contributed by atoms with E-state index in [0.717, 1.165) is 19.3 Å². The van der Waals surface area contributed by atoms with Gasteiger partial charge in [-0.1, -0.05) is 174 Å². The van der Waals surface area contributed by atoms with Crippen LogP contribution >= 0.6 is 7.82 Å². The number of carbonyl (C=O) groups is 1. The van der Waals surface area contributed by atoms with E-state index >= 15 is 0 Å². The summed E-state index contributed by atoms with van der Waals surface area (Å²) >= 11 is 0. The number of hydrogen-bond acceptors (Lipinski definition) is 7. The van der Waals surface area contributed by atoms with E-state index in [-0.39, 0.29) is 32.8 Å². The van der Waals surface area contributed by atoms with Gasteiger partial charge < -0.3 is 20.1 Å². The van der Waals surface area contributed by atoms with Crippen molar-refractivity contribution >= 4 is 13.8 Å². The van der Waals surface area contributed by atoms with Crippen LogP contribution in [0.15, 0.2) is 24.5 Å². The highest BCUT2D eigenvalue weighted by Gasteiger charge is 2.25. The van der Waals surface area contributed by atoms with Crippen LogP contribution in [0.25, 0.3) is 0 Å². The van der Waals surface area contributed by atoms with Crippen LogP contribution in [0.5, 0.6) is 0 Å². The van der Waals surface area contributed by atoms with Crippen LogP contribution in [0.4, 0.5) is 0 Å². The van der Waals surface area contributed by atoms with Crippen molar-refractivity contribution in [2.75, 3.05) is 26.4 Å². The zero-order valence-corrected chi connectivity index (χ0v) is 33.5. The Balaban J connectivity index is 4.12. The predicted molar refractivity (Wildman–Crippen MR) is 210 cm³/mol. The molecular formula is C41H80NO7P. The molecule has 0 aromatic rings. The molecule has 0 aromatic heterocycles. The summed E-state index contributed by atoms with van der Waals surface area (Å²) in [4.78, 5) is 22.4. The van der Waals surface area contributed by atoms with Gasteiger partial charge in [0.15, 0.2) is 6.10 Å². The van der Waals surface area contributed by atoms with Crippen LogP contribution in [0.2, 0.25) is 0 Å². The summed E-state index contributed by atoms with van der Waals surface area (Å²) in [6.45, 7) is 4.22. The fourth-order valence-electron chi connectivity index (χ4n) is 5.86. The van der Waals surface area contributed by atoms with Crippen molar-refractivity contribution in [1.82, 2.24) is 0 Å². The van der Waals surface area contributed by atoms with Crippen LogP contribution in [0.3, 0.4) is 0 Å². The average Bonchev–Trinajstić information content (AvgIpc) is 3.10. The molecule has 3 N–H and O–H groups in total. The molecule has 2 atom stereocenters. The van der Waals surface area contributed by atoms with Gasteiger partial charge in [-0.05, 0) is 38.2 Å². The first-order valence-electron chi connectivity index (χ1n) is 20.9. The highest BCUT2D eigenvalue weighted by molar-refractivity contribution is 7.47. The second-order valence-electron chi connectivity index (χ2n) is 13.9. The number of unbranched alkanes of at least 4 members (excludes halogenated alkanes) is 25. The Morgan fingerprint density at radius 1 is 0.600 bits per heavy atom. The van der Waals surface area contributed by atoms with Crippen LogP contribution in [0, 0.1) is 0 Å². The third-order valence-corrected chi connectivity index (χ3v) is 9.93. The average molecular weight is 730 g/mol. The van der Waals surface area contributed by atoms with Crippen molar-refractivity contribution in [2.24, 2.45) is 5.73 Å². The lowest BCUT2D eigenvalue weighted by atomic mass is 10.0. The number of allylic oxidation sites excluding steroid dienone is 3. The van der Waals surface area contributed by atoms with Crippen molar-refractivity contribution in [3.8, 4) is 0 Å². The molecule has 0 heterocycles. The normalized spacial score (nSPS) is 13.7. The third-order valence-electron chi connectivity index (χ3n) is 8.95. The van der Waals surface area contributed by atoms with E-state index in [1.165, 1.54) is 154 Å². The lowest BCUT2D eigenvalue weighted by molar-refractivity contribution is -0.153. The smallest absolute Gasteiger partial charge is 0.472 e. The minimum atomic E-state index is -4.29. The number of rotatable bonds is 40. The Hall–Kier alpha value is -1.18. The molecule has 50 heavy (non-hydrogen) atoms. The molecule has 0 fully saturated rings. The quantitative estimate of drug-likeness (QED) is 0.0210. The monoisotopic (exact) mass is 730 g/mol. The lowest BCUT2D eigenvalue weighted by Crippen LogP contribution is -2.27. The fraction of sp³-hybridized carbons (Fsp3) is 0.878. The molecule has 0 aromatic carbocycles. The second-order valence-corrected chi connectivity index (χ2v) is 15.4. The molecule has 0 saturated heterocycles. The summed E-state index contributed by atoms with van der Waals surface area (Å²) < 4.78 is 33.1. The summed E-state index contributed by atoms with van der Waals surface area (Å²) in [5.74, 6) is -0.399. The highest BCUT2D eigenvalue weighted by Crippen LogP contribution is 2.43. The van der Waals surface area contributed by atoms with Gasteiger partial charge in [0.25, 0.3) is 0 Å². The molecule has 0 spiro atoms. The number of ether oxygens (including phenoxy) is 2. The van der Waals surface area contributed by atoms with Crippen molar-refractivity contribution in [2.45, 2.75) is 206 Å². The van der Waals surface area contributed by atoms with Crippen LogP contribution in [-0.2, 0) is 27.9 Å². The maximum atomic E-state index is 12.5. The van der Waals surface area contributed by atoms with Crippen molar-refractivity contribution in [3.05, 3.63) is 24.5 Å². The molecule has 0 aliphatic rings. The van der Waals surface area contributed by atoms with Gasteiger partial charge >= 0.3 is 13.8 Å². The van der Waals surface area contributed by atoms with Crippen LogP contribution < -0.4 is 5.73 Å². The molecule has 0 saturated carbocycles. The number of nitrogens with two attached hydrogens (primary N) is 1. The maximum Gasteiger partial charge on any atom is 0.472 e. The molecule has 8 nitrogen and oxygen atoms in total. The van der Waals surface area contributed by atoms with Gasteiger partial charge in [-0.25, -0.2) is 4.57 Å². The van der Waals surface area contributed by atoms with Gasteiger partial charge in [-0.3, -0.25) is 13.8 Å². The largest absolute Gasteiger partial charge is 0.498 e. The minimum Gasteiger partial charge on any atom is -0.498 e. The van der Waals surface area contributed by atoms with E-state index in [1.54, 1.807) is 6.26 Å². The van der Waals surface area contributed by atoms with Gasteiger partial charge in [0.05, 0.1) is 19.5 Å². The molecule has 0 amide bonds. The number of carbonyl (C=O) groups excluding carboxylic acids is 1. The zero-order chi connectivity index (χ0) is 36.6. The zero-order valence-electron chi connectivity index (χ0n) is 32.6. The number of phosphoric ester groups is 1. The summed E-state index contributed by atoms with van der Waals surface area (Å²) in [5.41, 5.74) is 5.35. The van der Waals surface area contributed by atoms with Crippen LogP contribution in [0.1, 0.15) is 200 Å². The molecular weight excluding hydrogens is 649 g/mol. The van der Waals surface area contributed by atoms with Crippen molar-refractivity contribution in [1.29, 1.82) is 0 Å². The molecule has 0 radical (unpaired) electrons. The number of hydrogen-bond donors (Lipinski definition) is 2. The Bertz CT molecular complexity index is 823. The van der Waals surface area contributed by atoms with E-state index < -0.39 is 19.9 Å². The Labute approximate surface area is 308 Å². The first kappa shape index (κ1) is 48.8. The molecule has 0 aliphatic carbocycles. The maximum absolute atomic E-state index is 12.5. The summed E-state index contributed by atoms with van der Waals surface area (Å²) in [7, 11) is -4.29. The van der Waals surface area contributed by atoms with E-state index in [1.807, 2.05) is 12.2 Å². The third kappa shape index (κ3) is 38.1. The van der Waals surface area contributed by atoms with Gasteiger partial charge in [0.2, 0.25) is 0 Å². The lowest BCUT2D eigenvalue weighted by Gasteiger charge is -2.19. The van der Waals surface area contributed by atoms with Gasteiger partial charge in [0.1, 0.15) is 6.61 Å². The van der Waals surface area contributed by atoms with Gasteiger partial charge in [-0.2, -0.15) is 0 Å². The standard InChI is InChI=1S/C41H80NO7P/c1-3-5-7-9-11-13-15-17-19-21-23-25-27-29-31-33-36-46-38-40(39-48-50(44,45)47-37-35-42)49-41(43)34-32-30-28-26-24-22-20-18-16-14-12-10-8-6-4-2/h28,30,33,36,40H,3-27,29,31-32,34-35,37-39,42H2,1-2H3,(H,44,45). The predicted octanol–water partition coefficient (Wildman–Crippen LogP) is 12.4. The Kier molecular flexibility index (Phi) is 38.1. The molecule has 0 bridgehead atoms. The summed E-state index contributed by atoms with van der Waals surface area (Å²) in [5, 5.41) is 0. The van der Waals surface area contributed by atoms with Crippen LogP contribution in [-0.4, -0.2) is 43.3 Å². The molecule has 9 heteroatoms. The van der Waals surface area contributed by atoms with E-state index in [0.29, 0.717) is 6.42 Å². The second kappa shape index (κ2) is 39.0. The molecule has 296 valence electrons. The van der Waals surface area contributed by atoms with E-state index in [2.05, 4.69) is 19.9 Å². The van der Waals surface area contributed by atoms with Crippen molar-refractivity contribution < 1.29 is 32.8 Å². The van der Waals surface area contributed by atoms with Gasteiger partial charge in [0, 0.05) is 13.0 Å². The fourth-order valence-corrected chi connectivity index (χ4v) is 6.63. The molecule has 0 aliphatic heterocycles. The first-order chi connectivity index (χ1) is 24.4. The minimum absolute atomic E-state index is 0.0204. The molecule has 2 unspecified atom stereocenters. The number of phosphoric acid groups is 1. The SMILES string of the molecule is CCCCCCCCCCCCCC=CCCC(=O)OC(COC=CCCCCCCCCCCCCCCCC)COP(=O)(O)OCCN. The Morgan fingerprint density at radius 2 is 1.02 bits per heavy atom. The highest BCUT2D eigenvalue weighted by atomic mass is 31.2. The van der Waals surface area contributed by atoms with Gasteiger partial charge in [-0.15, -0.1) is 0 Å². The number of esters is 1. The van der Waals surface area contributed by atoms with E-state index in [9.17, 15) is 14.3 Å². The topological polar surface area (TPSA) is 117 Å². The Morgan fingerprint density at radius 3 is 1.48 bits per heavy atom.